The lowest BCUT2D eigenvalue weighted by molar-refractivity contribution is 0.266. The van der Waals surface area contributed by atoms with Gasteiger partial charge in [-0.3, -0.25) is 0 Å². The molecular weight excluding hydrogens is 236 g/mol. The van der Waals surface area contributed by atoms with Gasteiger partial charge < -0.3 is 14.8 Å². The first-order chi connectivity index (χ1) is 9.18. The Kier molecular flexibility index (Phi) is 5.40. The second kappa shape index (κ2) is 7.06. The summed E-state index contributed by atoms with van der Waals surface area (Å²) in [7, 11) is 2.20. The molecule has 1 aromatic heterocycles. The van der Waals surface area contributed by atoms with Crippen LogP contribution in [0, 0.1) is 0 Å². The summed E-state index contributed by atoms with van der Waals surface area (Å²) < 4.78 is 2.33. The average molecular weight is 264 g/mol. The van der Waals surface area contributed by atoms with Gasteiger partial charge in [0.1, 0.15) is 0 Å². The SMILES string of the molecule is CC(C)N(C)CCCCn1cncc1[C@@H]1CCCN1. The van der Waals surface area contributed by atoms with E-state index in [0.717, 1.165) is 13.1 Å². The highest BCUT2D eigenvalue weighted by molar-refractivity contribution is 5.07. The van der Waals surface area contributed by atoms with Gasteiger partial charge >= 0.3 is 0 Å². The van der Waals surface area contributed by atoms with Crippen molar-refractivity contribution in [2.45, 2.75) is 58.2 Å². The maximum atomic E-state index is 4.32. The van der Waals surface area contributed by atoms with E-state index in [1.165, 1.54) is 37.9 Å². The first-order valence-electron chi connectivity index (χ1n) is 7.62. The smallest absolute Gasteiger partial charge is 0.0948 e. The van der Waals surface area contributed by atoms with Crippen LogP contribution in [0.25, 0.3) is 0 Å². The van der Waals surface area contributed by atoms with Crippen LogP contribution in [0.2, 0.25) is 0 Å². The van der Waals surface area contributed by atoms with Crippen molar-refractivity contribution < 1.29 is 0 Å². The molecule has 0 spiro atoms. The minimum Gasteiger partial charge on any atom is -0.333 e. The molecule has 1 atom stereocenters. The zero-order valence-electron chi connectivity index (χ0n) is 12.6. The number of hydrogen-bond donors (Lipinski definition) is 1. The molecule has 1 fully saturated rings. The van der Waals surface area contributed by atoms with Crippen LogP contribution < -0.4 is 5.32 Å². The summed E-state index contributed by atoms with van der Waals surface area (Å²) in [6.45, 7) is 7.93. The molecule has 4 nitrogen and oxygen atoms in total. The molecule has 0 unspecified atom stereocenters. The van der Waals surface area contributed by atoms with E-state index in [2.05, 4.69) is 40.7 Å². The van der Waals surface area contributed by atoms with Crippen LogP contribution in [0.1, 0.15) is 51.3 Å². The summed E-state index contributed by atoms with van der Waals surface area (Å²) in [5.74, 6) is 0. The fraction of sp³-hybridized carbons (Fsp3) is 0.800. The lowest BCUT2D eigenvalue weighted by atomic mass is 10.1. The van der Waals surface area contributed by atoms with Crippen molar-refractivity contribution in [3.8, 4) is 0 Å². The van der Waals surface area contributed by atoms with Gasteiger partial charge in [0.25, 0.3) is 0 Å². The third kappa shape index (κ3) is 4.05. The predicted octanol–water partition coefficient (Wildman–Crippen LogP) is 2.43. The van der Waals surface area contributed by atoms with Gasteiger partial charge in [0, 0.05) is 24.8 Å². The van der Waals surface area contributed by atoms with Crippen LogP contribution in [0.5, 0.6) is 0 Å². The maximum Gasteiger partial charge on any atom is 0.0948 e. The molecular formula is C15H28N4. The number of imidazole rings is 1. The van der Waals surface area contributed by atoms with Gasteiger partial charge in [-0.15, -0.1) is 0 Å². The van der Waals surface area contributed by atoms with Crippen LogP contribution >= 0.6 is 0 Å². The molecule has 0 aromatic carbocycles. The largest absolute Gasteiger partial charge is 0.333 e. The minimum absolute atomic E-state index is 0.529. The number of unbranched alkanes of at least 4 members (excludes halogenated alkanes) is 1. The van der Waals surface area contributed by atoms with E-state index in [0.29, 0.717) is 12.1 Å². The molecule has 1 N–H and O–H groups in total. The fourth-order valence-electron chi connectivity index (χ4n) is 2.65. The van der Waals surface area contributed by atoms with E-state index in [4.69, 9.17) is 0 Å². The Balaban J connectivity index is 1.75. The molecule has 1 aromatic rings. The normalized spacial score (nSPS) is 19.7. The first kappa shape index (κ1) is 14.5. The van der Waals surface area contributed by atoms with Crippen molar-refractivity contribution in [2.24, 2.45) is 0 Å². The van der Waals surface area contributed by atoms with Crippen molar-refractivity contribution >= 4 is 0 Å². The zero-order valence-corrected chi connectivity index (χ0v) is 12.6. The molecule has 0 radical (unpaired) electrons. The van der Waals surface area contributed by atoms with E-state index in [9.17, 15) is 0 Å². The molecule has 19 heavy (non-hydrogen) atoms. The molecule has 4 heteroatoms. The average Bonchev–Trinajstić information content (AvgIpc) is 3.04. The first-order valence-corrected chi connectivity index (χ1v) is 7.62. The highest BCUT2D eigenvalue weighted by Gasteiger charge is 2.19. The summed E-state index contributed by atoms with van der Waals surface area (Å²) in [5.41, 5.74) is 1.37. The Bertz CT molecular complexity index is 366. The van der Waals surface area contributed by atoms with Crippen molar-refractivity contribution in [3.05, 3.63) is 18.2 Å². The highest BCUT2D eigenvalue weighted by Crippen LogP contribution is 2.22. The third-order valence-corrected chi connectivity index (χ3v) is 4.20. The Morgan fingerprint density at radius 2 is 2.32 bits per heavy atom. The summed E-state index contributed by atoms with van der Waals surface area (Å²) in [6.07, 6.45) is 9.04. The van der Waals surface area contributed by atoms with Crippen molar-refractivity contribution in [1.29, 1.82) is 0 Å². The summed E-state index contributed by atoms with van der Waals surface area (Å²) in [5, 5.41) is 3.55. The monoisotopic (exact) mass is 264 g/mol. The summed E-state index contributed by atoms with van der Waals surface area (Å²) >= 11 is 0. The number of hydrogen-bond acceptors (Lipinski definition) is 3. The van der Waals surface area contributed by atoms with E-state index in [1.807, 2.05) is 12.5 Å². The predicted molar refractivity (Wildman–Crippen MR) is 79.2 cm³/mol. The molecule has 0 saturated carbocycles. The Labute approximate surface area is 117 Å². The standard InChI is InChI=1S/C15H28N4/c1-13(2)18(3)9-4-5-10-19-12-16-11-15(19)14-7-6-8-17-14/h11-14,17H,4-10H2,1-3H3/t14-/m0/s1. The second-order valence-electron chi connectivity index (χ2n) is 5.94. The van der Waals surface area contributed by atoms with Gasteiger partial charge in [-0.1, -0.05) is 0 Å². The Morgan fingerprint density at radius 1 is 1.47 bits per heavy atom. The van der Waals surface area contributed by atoms with Crippen LogP contribution in [-0.2, 0) is 6.54 Å². The van der Waals surface area contributed by atoms with Crippen molar-refractivity contribution in [3.63, 3.8) is 0 Å². The Morgan fingerprint density at radius 3 is 3.00 bits per heavy atom. The molecule has 0 bridgehead atoms. The topological polar surface area (TPSA) is 33.1 Å². The molecule has 1 aliphatic heterocycles. The number of aromatic nitrogens is 2. The van der Waals surface area contributed by atoms with Crippen molar-refractivity contribution in [1.82, 2.24) is 19.8 Å². The van der Waals surface area contributed by atoms with Crippen LogP contribution in [0.4, 0.5) is 0 Å². The van der Waals surface area contributed by atoms with Gasteiger partial charge in [0.15, 0.2) is 0 Å². The third-order valence-electron chi connectivity index (χ3n) is 4.20. The Hall–Kier alpha value is -0.870. The van der Waals surface area contributed by atoms with E-state index in [-0.39, 0.29) is 0 Å². The fourth-order valence-corrected chi connectivity index (χ4v) is 2.65. The van der Waals surface area contributed by atoms with Gasteiger partial charge in [-0.2, -0.15) is 0 Å². The zero-order chi connectivity index (χ0) is 13.7. The van der Waals surface area contributed by atoms with E-state index in [1.54, 1.807) is 0 Å². The molecule has 0 amide bonds. The van der Waals surface area contributed by atoms with E-state index < -0.39 is 0 Å². The quantitative estimate of drug-likeness (QED) is 0.768. The van der Waals surface area contributed by atoms with Crippen LogP contribution in [-0.4, -0.2) is 40.6 Å². The van der Waals surface area contributed by atoms with Gasteiger partial charge in [0.05, 0.1) is 12.0 Å². The molecule has 1 aliphatic rings. The number of nitrogens with one attached hydrogen (secondary N) is 1. The summed E-state index contributed by atoms with van der Waals surface area (Å²) in [6, 6.07) is 1.17. The molecule has 1 saturated heterocycles. The van der Waals surface area contributed by atoms with Gasteiger partial charge in [-0.25, -0.2) is 4.98 Å². The van der Waals surface area contributed by atoms with Crippen LogP contribution in [0.3, 0.4) is 0 Å². The lowest BCUT2D eigenvalue weighted by Crippen LogP contribution is -2.27. The minimum atomic E-state index is 0.529. The number of rotatable bonds is 7. The summed E-state index contributed by atoms with van der Waals surface area (Å²) in [4.78, 5) is 6.73. The second-order valence-corrected chi connectivity index (χ2v) is 5.94. The van der Waals surface area contributed by atoms with Crippen molar-refractivity contribution in [2.75, 3.05) is 20.1 Å². The number of nitrogens with zero attached hydrogens (tertiary/aromatic N) is 3. The van der Waals surface area contributed by atoms with Crippen LogP contribution in [0.15, 0.2) is 12.5 Å². The molecule has 0 aliphatic carbocycles. The maximum absolute atomic E-state index is 4.32. The molecule has 2 rings (SSSR count). The highest BCUT2D eigenvalue weighted by atomic mass is 15.1. The van der Waals surface area contributed by atoms with E-state index >= 15 is 0 Å². The molecule has 108 valence electrons. The number of aryl methyl sites for hydroxylation is 1. The van der Waals surface area contributed by atoms with Gasteiger partial charge in [-0.05, 0) is 59.7 Å². The van der Waals surface area contributed by atoms with Gasteiger partial charge in [0.2, 0.25) is 0 Å². The lowest BCUT2D eigenvalue weighted by Gasteiger charge is -2.21. The molecule has 2 heterocycles.